The van der Waals surface area contributed by atoms with Crippen LogP contribution in [0.3, 0.4) is 0 Å². The number of hydrogen-bond donors (Lipinski definition) is 1. The van der Waals surface area contributed by atoms with Gasteiger partial charge < -0.3 is 10.2 Å². The van der Waals surface area contributed by atoms with E-state index >= 15 is 0 Å². The zero-order valence-electron chi connectivity index (χ0n) is 14.3. The summed E-state index contributed by atoms with van der Waals surface area (Å²) in [6, 6.07) is 15.7. The average molecular weight is 319 g/mol. The fourth-order valence-electron chi connectivity index (χ4n) is 3.70. The standard InChI is InChI=1S/C21H25N3/c1-24-12-10-21(22-11-13-24)20-9-8-19(15-23-20)18-7-6-16-4-2-3-5-17(16)14-18/h2-7,14-15,21-22H,8-13H2,1H3. The largest absolute Gasteiger partial charge is 0.308 e. The molecule has 2 aliphatic heterocycles. The van der Waals surface area contributed by atoms with Crippen LogP contribution in [0, 0.1) is 0 Å². The normalized spacial score (nSPS) is 22.8. The Labute approximate surface area is 144 Å². The molecule has 1 atom stereocenters. The molecule has 2 aromatic rings. The highest BCUT2D eigenvalue weighted by molar-refractivity contribution is 5.94. The summed E-state index contributed by atoms with van der Waals surface area (Å²) in [6.45, 7) is 3.33. The summed E-state index contributed by atoms with van der Waals surface area (Å²) in [5.41, 5.74) is 4.00. The van der Waals surface area contributed by atoms with Crippen LogP contribution >= 0.6 is 0 Å². The van der Waals surface area contributed by atoms with Crippen molar-refractivity contribution in [1.29, 1.82) is 0 Å². The smallest absolute Gasteiger partial charge is 0.0468 e. The summed E-state index contributed by atoms with van der Waals surface area (Å²) in [5, 5.41) is 6.26. The van der Waals surface area contributed by atoms with Crippen molar-refractivity contribution >= 4 is 22.1 Å². The maximum atomic E-state index is 4.83. The van der Waals surface area contributed by atoms with Gasteiger partial charge >= 0.3 is 0 Å². The zero-order chi connectivity index (χ0) is 16.4. The molecular formula is C21H25N3. The van der Waals surface area contributed by atoms with Gasteiger partial charge in [0.25, 0.3) is 0 Å². The molecule has 1 unspecified atom stereocenters. The maximum absolute atomic E-state index is 4.83. The third kappa shape index (κ3) is 3.28. The van der Waals surface area contributed by atoms with Gasteiger partial charge in [-0.2, -0.15) is 0 Å². The summed E-state index contributed by atoms with van der Waals surface area (Å²) >= 11 is 0. The molecule has 1 saturated heterocycles. The lowest BCUT2D eigenvalue weighted by molar-refractivity contribution is 0.357. The second-order valence-corrected chi connectivity index (χ2v) is 6.94. The summed E-state index contributed by atoms with van der Waals surface area (Å²) in [6.07, 6.45) is 5.42. The molecule has 0 saturated carbocycles. The molecule has 3 nitrogen and oxygen atoms in total. The average Bonchev–Trinajstić information content (AvgIpc) is 2.86. The minimum Gasteiger partial charge on any atom is -0.308 e. The van der Waals surface area contributed by atoms with Crippen molar-refractivity contribution in [2.45, 2.75) is 25.3 Å². The summed E-state index contributed by atoms with van der Waals surface area (Å²) in [5.74, 6) is 0. The lowest BCUT2D eigenvalue weighted by atomic mass is 9.93. The van der Waals surface area contributed by atoms with Crippen LogP contribution in [0.15, 0.2) is 53.7 Å². The Morgan fingerprint density at radius 3 is 2.75 bits per heavy atom. The highest BCUT2D eigenvalue weighted by Crippen LogP contribution is 2.27. The predicted molar refractivity (Wildman–Crippen MR) is 102 cm³/mol. The monoisotopic (exact) mass is 319 g/mol. The summed E-state index contributed by atoms with van der Waals surface area (Å²) < 4.78 is 0. The van der Waals surface area contributed by atoms with Gasteiger partial charge in [-0.05, 0) is 60.8 Å². The van der Waals surface area contributed by atoms with Gasteiger partial charge in [-0.1, -0.05) is 36.4 Å². The van der Waals surface area contributed by atoms with Gasteiger partial charge in [-0.3, -0.25) is 4.99 Å². The number of fused-ring (bicyclic) bond motifs is 1. The number of benzene rings is 2. The van der Waals surface area contributed by atoms with Crippen LogP contribution in [0.5, 0.6) is 0 Å². The van der Waals surface area contributed by atoms with Crippen LogP contribution in [0.1, 0.15) is 24.8 Å². The predicted octanol–water partition coefficient (Wildman–Crippen LogP) is 3.71. The second kappa shape index (κ2) is 6.88. The number of hydrogen-bond acceptors (Lipinski definition) is 3. The summed E-state index contributed by atoms with van der Waals surface area (Å²) in [4.78, 5) is 7.23. The van der Waals surface area contributed by atoms with Crippen LogP contribution in [0.2, 0.25) is 0 Å². The first-order valence-electron chi connectivity index (χ1n) is 8.96. The third-order valence-corrected chi connectivity index (χ3v) is 5.24. The topological polar surface area (TPSA) is 27.6 Å². The number of aliphatic imine (C=N–C) groups is 1. The molecule has 24 heavy (non-hydrogen) atoms. The van der Waals surface area contributed by atoms with Gasteiger partial charge in [-0.15, -0.1) is 0 Å². The van der Waals surface area contributed by atoms with E-state index in [1.54, 1.807) is 0 Å². The first-order chi connectivity index (χ1) is 11.8. The Morgan fingerprint density at radius 2 is 1.92 bits per heavy atom. The molecule has 0 aromatic heterocycles. The fraction of sp³-hybridized carbons (Fsp3) is 0.381. The SMILES string of the molecule is CN1CCNC(C2=NC=C(c3ccc4ccccc4c3)CC2)CC1. The molecule has 3 heteroatoms. The Hall–Kier alpha value is -1.97. The first kappa shape index (κ1) is 15.6. The molecule has 1 fully saturated rings. The van der Waals surface area contributed by atoms with Crippen molar-refractivity contribution in [3.05, 3.63) is 54.2 Å². The number of nitrogens with zero attached hydrogens (tertiary/aromatic N) is 2. The molecule has 2 aromatic carbocycles. The maximum Gasteiger partial charge on any atom is 0.0468 e. The lowest BCUT2D eigenvalue weighted by Gasteiger charge is -2.22. The van der Waals surface area contributed by atoms with E-state index in [9.17, 15) is 0 Å². The molecule has 1 N–H and O–H groups in total. The van der Waals surface area contributed by atoms with E-state index in [2.05, 4.69) is 65.9 Å². The van der Waals surface area contributed by atoms with Gasteiger partial charge in [0.1, 0.15) is 0 Å². The number of nitrogens with one attached hydrogen (secondary N) is 1. The fourth-order valence-corrected chi connectivity index (χ4v) is 3.70. The molecule has 0 aliphatic carbocycles. The minimum absolute atomic E-state index is 0.448. The Balaban J connectivity index is 1.54. The van der Waals surface area contributed by atoms with Crippen LogP contribution < -0.4 is 5.32 Å². The van der Waals surface area contributed by atoms with E-state index in [1.165, 1.54) is 27.6 Å². The van der Waals surface area contributed by atoms with Crippen LogP contribution in [0.25, 0.3) is 16.3 Å². The molecular weight excluding hydrogens is 294 g/mol. The Bertz CT molecular complexity index is 791. The van der Waals surface area contributed by atoms with E-state index in [4.69, 9.17) is 4.99 Å². The highest BCUT2D eigenvalue weighted by Gasteiger charge is 2.21. The quantitative estimate of drug-likeness (QED) is 0.914. The van der Waals surface area contributed by atoms with E-state index in [0.717, 1.165) is 38.9 Å². The van der Waals surface area contributed by atoms with E-state index in [1.807, 2.05) is 0 Å². The third-order valence-electron chi connectivity index (χ3n) is 5.24. The number of likely N-dealkylation sites (N-methyl/N-ethyl adjacent to an activating group) is 1. The van der Waals surface area contributed by atoms with Gasteiger partial charge in [0.2, 0.25) is 0 Å². The van der Waals surface area contributed by atoms with Crippen molar-refractivity contribution in [3.8, 4) is 0 Å². The van der Waals surface area contributed by atoms with Crippen molar-refractivity contribution in [3.63, 3.8) is 0 Å². The molecule has 2 aliphatic rings. The van der Waals surface area contributed by atoms with Crippen molar-refractivity contribution < 1.29 is 0 Å². The van der Waals surface area contributed by atoms with Crippen LogP contribution in [-0.4, -0.2) is 43.3 Å². The second-order valence-electron chi connectivity index (χ2n) is 6.94. The van der Waals surface area contributed by atoms with Gasteiger partial charge in [0.05, 0.1) is 0 Å². The Morgan fingerprint density at radius 1 is 1.04 bits per heavy atom. The molecule has 0 radical (unpaired) electrons. The van der Waals surface area contributed by atoms with Crippen molar-refractivity contribution in [2.75, 3.05) is 26.7 Å². The van der Waals surface area contributed by atoms with Crippen LogP contribution in [-0.2, 0) is 0 Å². The van der Waals surface area contributed by atoms with E-state index in [-0.39, 0.29) is 0 Å². The lowest BCUT2D eigenvalue weighted by Crippen LogP contribution is -2.37. The van der Waals surface area contributed by atoms with Crippen LogP contribution in [0.4, 0.5) is 0 Å². The number of rotatable bonds is 2. The molecule has 0 amide bonds. The Kier molecular flexibility index (Phi) is 4.46. The van der Waals surface area contributed by atoms with Gasteiger partial charge in [0, 0.05) is 31.0 Å². The van der Waals surface area contributed by atoms with Gasteiger partial charge in [0.15, 0.2) is 0 Å². The van der Waals surface area contributed by atoms with E-state index in [0.29, 0.717) is 6.04 Å². The molecule has 0 bridgehead atoms. The summed E-state index contributed by atoms with van der Waals surface area (Å²) in [7, 11) is 2.20. The molecule has 4 rings (SSSR count). The first-order valence-corrected chi connectivity index (χ1v) is 8.96. The highest BCUT2D eigenvalue weighted by atomic mass is 15.1. The zero-order valence-corrected chi connectivity index (χ0v) is 14.3. The molecule has 124 valence electrons. The van der Waals surface area contributed by atoms with E-state index < -0.39 is 0 Å². The van der Waals surface area contributed by atoms with Gasteiger partial charge in [-0.25, -0.2) is 0 Å². The number of allylic oxidation sites excluding steroid dienone is 1. The molecule has 2 heterocycles. The molecule has 0 spiro atoms. The van der Waals surface area contributed by atoms with Crippen molar-refractivity contribution in [2.24, 2.45) is 4.99 Å². The van der Waals surface area contributed by atoms with Crippen molar-refractivity contribution in [1.82, 2.24) is 10.2 Å². The minimum atomic E-state index is 0.448.